The Morgan fingerprint density at radius 1 is 1.29 bits per heavy atom. The van der Waals surface area contributed by atoms with Gasteiger partial charge in [0.1, 0.15) is 5.60 Å². The molecule has 0 spiro atoms. The zero-order chi connectivity index (χ0) is 17.3. The van der Waals surface area contributed by atoms with E-state index in [1.165, 1.54) is 0 Å². The number of nitrogens with zero attached hydrogens (tertiary/aromatic N) is 3. The van der Waals surface area contributed by atoms with Crippen LogP contribution in [0.25, 0.3) is 0 Å². The van der Waals surface area contributed by atoms with Gasteiger partial charge in [-0.15, -0.1) is 0 Å². The van der Waals surface area contributed by atoms with Crippen LogP contribution in [0.4, 0.5) is 4.79 Å². The molecule has 132 valence electrons. The van der Waals surface area contributed by atoms with Crippen molar-refractivity contribution >= 4 is 6.09 Å². The van der Waals surface area contributed by atoms with E-state index < -0.39 is 5.60 Å². The quantitative estimate of drug-likeness (QED) is 0.851. The maximum Gasteiger partial charge on any atom is 0.410 e. The molecular formula is C19H29N3O2. The third-order valence-corrected chi connectivity index (χ3v) is 5.07. The van der Waals surface area contributed by atoms with Crippen molar-refractivity contribution in [3.05, 3.63) is 30.1 Å². The summed E-state index contributed by atoms with van der Waals surface area (Å²) < 4.78 is 5.61. The van der Waals surface area contributed by atoms with E-state index in [0.29, 0.717) is 18.1 Å². The fourth-order valence-corrected chi connectivity index (χ4v) is 4.00. The number of hydrogen-bond acceptors (Lipinski definition) is 4. The molecule has 2 bridgehead atoms. The number of pyridine rings is 1. The van der Waals surface area contributed by atoms with Crippen molar-refractivity contribution in [2.75, 3.05) is 7.05 Å². The lowest BCUT2D eigenvalue weighted by atomic mass is 9.96. The summed E-state index contributed by atoms with van der Waals surface area (Å²) in [6, 6.07) is 7.18. The Morgan fingerprint density at radius 2 is 1.96 bits per heavy atom. The zero-order valence-electron chi connectivity index (χ0n) is 15.2. The molecule has 2 fully saturated rings. The summed E-state index contributed by atoms with van der Waals surface area (Å²) in [4.78, 5) is 21.3. The van der Waals surface area contributed by atoms with Crippen molar-refractivity contribution < 1.29 is 9.53 Å². The van der Waals surface area contributed by atoms with Gasteiger partial charge in [-0.25, -0.2) is 4.79 Å². The smallest absolute Gasteiger partial charge is 0.410 e. The Labute approximate surface area is 145 Å². The Hall–Kier alpha value is -1.62. The average molecular weight is 331 g/mol. The summed E-state index contributed by atoms with van der Waals surface area (Å²) in [6.45, 7) is 6.65. The van der Waals surface area contributed by atoms with Crippen LogP contribution in [0.3, 0.4) is 0 Å². The summed E-state index contributed by atoms with van der Waals surface area (Å²) >= 11 is 0. The fraction of sp³-hybridized carbons (Fsp3) is 0.684. The van der Waals surface area contributed by atoms with Crippen LogP contribution in [0.15, 0.2) is 24.4 Å². The molecule has 1 aromatic rings. The Kier molecular flexibility index (Phi) is 4.81. The minimum atomic E-state index is -0.427. The SMILES string of the molecule is CN(Cc1ccccn1)C1CC2CCC(C1)N2C(=O)OC(C)(C)C. The average Bonchev–Trinajstić information content (AvgIpc) is 2.77. The van der Waals surface area contributed by atoms with E-state index >= 15 is 0 Å². The highest BCUT2D eigenvalue weighted by molar-refractivity contribution is 5.69. The minimum Gasteiger partial charge on any atom is -0.444 e. The molecule has 2 aliphatic heterocycles. The first-order valence-corrected chi connectivity index (χ1v) is 8.95. The molecule has 1 amide bonds. The van der Waals surface area contributed by atoms with Gasteiger partial charge in [0, 0.05) is 30.9 Å². The number of ether oxygens (including phenoxy) is 1. The minimum absolute atomic E-state index is 0.138. The van der Waals surface area contributed by atoms with Crippen molar-refractivity contribution in [1.82, 2.24) is 14.8 Å². The maximum absolute atomic E-state index is 12.5. The zero-order valence-corrected chi connectivity index (χ0v) is 15.2. The van der Waals surface area contributed by atoms with E-state index in [4.69, 9.17) is 4.74 Å². The molecule has 24 heavy (non-hydrogen) atoms. The molecular weight excluding hydrogens is 302 g/mol. The van der Waals surface area contributed by atoms with Crippen LogP contribution in [0.5, 0.6) is 0 Å². The van der Waals surface area contributed by atoms with Gasteiger partial charge < -0.3 is 9.64 Å². The van der Waals surface area contributed by atoms with Crippen LogP contribution in [0.2, 0.25) is 0 Å². The molecule has 2 saturated heterocycles. The van der Waals surface area contributed by atoms with Gasteiger partial charge in [-0.05, 0) is 65.6 Å². The first kappa shape index (κ1) is 17.2. The van der Waals surface area contributed by atoms with Crippen molar-refractivity contribution in [2.45, 2.75) is 76.7 Å². The van der Waals surface area contributed by atoms with Gasteiger partial charge in [0.25, 0.3) is 0 Å². The third kappa shape index (κ3) is 3.89. The molecule has 2 aliphatic rings. The van der Waals surface area contributed by atoms with Gasteiger partial charge in [-0.1, -0.05) is 6.07 Å². The first-order valence-electron chi connectivity index (χ1n) is 8.95. The second-order valence-corrected chi connectivity index (χ2v) is 8.13. The first-order chi connectivity index (χ1) is 11.3. The number of piperidine rings is 1. The number of rotatable bonds is 3. The molecule has 0 radical (unpaired) electrons. The van der Waals surface area contributed by atoms with Gasteiger partial charge in [0.2, 0.25) is 0 Å². The Balaban J connectivity index is 1.61. The molecule has 1 aromatic heterocycles. The van der Waals surface area contributed by atoms with Gasteiger partial charge in [0.15, 0.2) is 0 Å². The highest BCUT2D eigenvalue weighted by Crippen LogP contribution is 2.38. The van der Waals surface area contributed by atoms with E-state index in [-0.39, 0.29) is 6.09 Å². The Morgan fingerprint density at radius 3 is 2.50 bits per heavy atom. The summed E-state index contributed by atoms with van der Waals surface area (Å²) in [5, 5.41) is 0. The molecule has 3 heterocycles. The standard InChI is InChI=1S/C19H29N3O2/c1-19(2,3)24-18(23)22-15-8-9-16(22)12-17(11-15)21(4)13-14-7-5-6-10-20-14/h5-7,10,15-17H,8-9,11-13H2,1-4H3. The summed E-state index contributed by atoms with van der Waals surface area (Å²) in [7, 11) is 2.17. The van der Waals surface area contributed by atoms with Crippen LogP contribution >= 0.6 is 0 Å². The number of fused-ring (bicyclic) bond motifs is 2. The van der Waals surface area contributed by atoms with Crippen LogP contribution in [-0.2, 0) is 11.3 Å². The molecule has 2 atom stereocenters. The van der Waals surface area contributed by atoms with Gasteiger partial charge in [0.05, 0.1) is 5.69 Å². The van der Waals surface area contributed by atoms with E-state index in [0.717, 1.165) is 37.9 Å². The number of carbonyl (C=O) groups excluding carboxylic acids is 1. The largest absolute Gasteiger partial charge is 0.444 e. The molecule has 2 unspecified atom stereocenters. The lowest BCUT2D eigenvalue weighted by Gasteiger charge is -2.42. The number of aromatic nitrogens is 1. The Bertz CT molecular complexity index is 556. The second kappa shape index (κ2) is 6.71. The van der Waals surface area contributed by atoms with Crippen LogP contribution in [0.1, 0.15) is 52.1 Å². The van der Waals surface area contributed by atoms with Gasteiger partial charge >= 0.3 is 6.09 Å². The van der Waals surface area contributed by atoms with Crippen LogP contribution in [0, 0.1) is 0 Å². The number of amides is 1. The van der Waals surface area contributed by atoms with Crippen LogP contribution < -0.4 is 0 Å². The van der Waals surface area contributed by atoms with Crippen molar-refractivity contribution in [2.24, 2.45) is 0 Å². The normalized spacial score (nSPS) is 26.7. The van der Waals surface area contributed by atoms with Crippen molar-refractivity contribution in [1.29, 1.82) is 0 Å². The predicted octanol–water partition coefficient (Wildman–Crippen LogP) is 3.44. The topological polar surface area (TPSA) is 45.7 Å². The number of hydrogen-bond donors (Lipinski definition) is 0. The van der Waals surface area contributed by atoms with Gasteiger partial charge in [-0.2, -0.15) is 0 Å². The summed E-state index contributed by atoms with van der Waals surface area (Å²) in [6.07, 6.45) is 5.95. The van der Waals surface area contributed by atoms with Crippen molar-refractivity contribution in [3.8, 4) is 0 Å². The molecule has 5 nitrogen and oxygen atoms in total. The molecule has 0 aromatic carbocycles. The molecule has 5 heteroatoms. The highest BCUT2D eigenvalue weighted by atomic mass is 16.6. The lowest BCUT2D eigenvalue weighted by Crippen LogP contribution is -2.52. The van der Waals surface area contributed by atoms with E-state index in [2.05, 4.69) is 23.0 Å². The van der Waals surface area contributed by atoms with E-state index in [1.54, 1.807) is 0 Å². The molecule has 3 rings (SSSR count). The predicted molar refractivity (Wildman–Crippen MR) is 93.6 cm³/mol. The van der Waals surface area contributed by atoms with Crippen LogP contribution in [-0.4, -0.2) is 51.7 Å². The second-order valence-electron chi connectivity index (χ2n) is 8.13. The monoisotopic (exact) mass is 331 g/mol. The molecule has 0 N–H and O–H groups in total. The fourth-order valence-electron chi connectivity index (χ4n) is 4.00. The number of carbonyl (C=O) groups is 1. The van der Waals surface area contributed by atoms with E-state index in [1.807, 2.05) is 44.0 Å². The van der Waals surface area contributed by atoms with Gasteiger partial charge in [-0.3, -0.25) is 9.88 Å². The van der Waals surface area contributed by atoms with Crippen molar-refractivity contribution in [3.63, 3.8) is 0 Å². The lowest BCUT2D eigenvalue weighted by molar-refractivity contribution is -0.00285. The maximum atomic E-state index is 12.5. The summed E-state index contributed by atoms with van der Waals surface area (Å²) in [5.74, 6) is 0. The third-order valence-electron chi connectivity index (χ3n) is 5.07. The molecule has 0 saturated carbocycles. The van der Waals surface area contributed by atoms with E-state index in [9.17, 15) is 4.79 Å². The molecule has 0 aliphatic carbocycles. The highest BCUT2D eigenvalue weighted by Gasteiger charge is 2.45. The summed E-state index contributed by atoms with van der Waals surface area (Å²) in [5.41, 5.74) is 0.672.